The molecular weight excluding hydrogens is 266 g/mol. The Balaban J connectivity index is 2.30. The maximum absolute atomic E-state index is 12.0. The Bertz CT molecular complexity index is 403. The number of aryl methyl sites for hydroxylation is 1. The Morgan fingerprint density at radius 2 is 2.06 bits per heavy atom. The van der Waals surface area contributed by atoms with Crippen LogP contribution >= 0.6 is 15.9 Å². The van der Waals surface area contributed by atoms with Crippen molar-refractivity contribution in [3.63, 3.8) is 0 Å². The van der Waals surface area contributed by atoms with Crippen LogP contribution in [0.4, 0.5) is 5.69 Å². The molecule has 1 aromatic rings. The Hall–Kier alpha value is -0.830. The predicted molar refractivity (Wildman–Crippen MR) is 69.7 cm³/mol. The molecule has 2 rings (SSSR count). The van der Waals surface area contributed by atoms with Gasteiger partial charge in [-0.2, -0.15) is 0 Å². The van der Waals surface area contributed by atoms with Gasteiger partial charge in [-0.05, 0) is 53.4 Å². The minimum absolute atomic E-state index is 0.252. The zero-order valence-electron chi connectivity index (χ0n) is 9.50. The number of hydrogen-bond donors (Lipinski definition) is 0. The molecule has 1 amide bonds. The Morgan fingerprint density at radius 3 is 2.81 bits per heavy atom. The topological polar surface area (TPSA) is 20.3 Å². The highest BCUT2D eigenvalue weighted by molar-refractivity contribution is 9.10. The van der Waals surface area contributed by atoms with Gasteiger partial charge in [0.25, 0.3) is 0 Å². The first-order valence-electron chi connectivity index (χ1n) is 5.75. The zero-order valence-corrected chi connectivity index (χ0v) is 11.1. The summed E-state index contributed by atoms with van der Waals surface area (Å²) in [5.74, 6) is 0.252. The number of carbonyl (C=O) groups is 1. The van der Waals surface area contributed by atoms with Crippen LogP contribution in [0.1, 0.15) is 31.2 Å². The van der Waals surface area contributed by atoms with Gasteiger partial charge in [0.2, 0.25) is 5.91 Å². The lowest BCUT2D eigenvalue weighted by Crippen LogP contribution is -2.30. The van der Waals surface area contributed by atoms with E-state index in [-0.39, 0.29) is 5.91 Å². The van der Waals surface area contributed by atoms with Crippen LogP contribution in [-0.4, -0.2) is 12.5 Å². The fourth-order valence-electron chi connectivity index (χ4n) is 2.07. The third-order valence-electron chi connectivity index (χ3n) is 2.97. The lowest BCUT2D eigenvalue weighted by molar-refractivity contribution is -0.118. The molecule has 1 aliphatic heterocycles. The molecule has 0 N–H and O–H groups in total. The number of amides is 1. The summed E-state index contributed by atoms with van der Waals surface area (Å²) in [6.45, 7) is 2.90. The highest BCUT2D eigenvalue weighted by Crippen LogP contribution is 2.29. The molecule has 0 aromatic heterocycles. The first kappa shape index (κ1) is 11.6. The Morgan fingerprint density at radius 1 is 1.25 bits per heavy atom. The molecule has 0 saturated carbocycles. The lowest BCUT2D eigenvalue weighted by atomic mass is 10.2. The van der Waals surface area contributed by atoms with E-state index in [2.05, 4.69) is 35.0 Å². The molecule has 1 fully saturated rings. The number of hydrogen-bond acceptors (Lipinski definition) is 1. The molecule has 3 heteroatoms. The summed E-state index contributed by atoms with van der Waals surface area (Å²) in [5, 5.41) is 0. The quantitative estimate of drug-likeness (QED) is 0.769. The van der Waals surface area contributed by atoms with Crippen LogP contribution in [0.15, 0.2) is 22.7 Å². The second-order valence-corrected chi connectivity index (χ2v) is 5.17. The van der Waals surface area contributed by atoms with Gasteiger partial charge in [-0.15, -0.1) is 0 Å². The summed E-state index contributed by atoms with van der Waals surface area (Å²) in [6, 6.07) is 6.15. The number of rotatable bonds is 1. The molecule has 0 spiro atoms. The molecule has 86 valence electrons. The maximum atomic E-state index is 12.0. The van der Waals surface area contributed by atoms with Crippen molar-refractivity contribution >= 4 is 27.5 Å². The number of nitrogens with zero attached hydrogens (tertiary/aromatic N) is 1. The van der Waals surface area contributed by atoms with E-state index in [0.29, 0.717) is 6.42 Å². The van der Waals surface area contributed by atoms with Gasteiger partial charge in [0.15, 0.2) is 0 Å². The van der Waals surface area contributed by atoms with Crippen molar-refractivity contribution in [1.82, 2.24) is 0 Å². The van der Waals surface area contributed by atoms with Gasteiger partial charge in [0.05, 0.1) is 5.69 Å². The van der Waals surface area contributed by atoms with Crippen LogP contribution in [0.5, 0.6) is 0 Å². The fourth-order valence-corrected chi connectivity index (χ4v) is 2.78. The van der Waals surface area contributed by atoms with Gasteiger partial charge in [-0.1, -0.05) is 12.5 Å². The highest BCUT2D eigenvalue weighted by Gasteiger charge is 2.19. The monoisotopic (exact) mass is 281 g/mol. The van der Waals surface area contributed by atoms with E-state index in [1.165, 1.54) is 5.56 Å². The summed E-state index contributed by atoms with van der Waals surface area (Å²) in [5.41, 5.74) is 2.22. The summed E-state index contributed by atoms with van der Waals surface area (Å²) in [6.07, 6.45) is 3.97. The average molecular weight is 282 g/mol. The number of anilines is 1. The van der Waals surface area contributed by atoms with Gasteiger partial charge in [-0.25, -0.2) is 0 Å². The molecule has 2 nitrogen and oxygen atoms in total. The van der Waals surface area contributed by atoms with Gasteiger partial charge >= 0.3 is 0 Å². The van der Waals surface area contributed by atoms with Crippen molar-refractivity contribution in [2.24, 2.45) is 0 Å². The summed E-state index contributed by atoms with van der Waals surface area (Å²) in [4.78, 5) is 13.9. The first-order valence-corrected chi connectivity index (χ1v) is 6.54. The van der Waals surface area contributed by atoms with Crippen molar-refractivity contribution in [2.45, 2.75) is 32.6 Å². The summed E-state index contributed by atoms with van der Waals surface area (Å²) < 4.78 is 1.02. The highest BCUT2D eigenvalue weighted by atomic mass is 79.9. The molecule has 0 radical (unpaired) electrons. The van der Waals surface area contributed by atoms with Gasteiger partial charge in [0.1, 0.15) is 0 Å². The number of carbonyl (C=O) groups excluding carboxylic acids is 1. The largest absolute Gasteiger partial charge is 0.311 e. The minimum atomic E-state index is 0.252. The molecule has 0 atom stereocenters. The number of benzene rings is 1. The van der Waals surface area contributed by atoms with Crippen molar-refractivity contribution in [1.29, 1.82) is 0 Å². The van der Waals surface area contributed by atoms with E-state index >= 15 is 0 Å². The summed E-state index contributed by atoms with van der Waals surface area (Å²) >= 11 is 3.54. The van der Waals surface area contributed by atoms with E-state index in [1.54, 1.807) is 0 Å². The second kappa shape index (κ2) is 5.00. The van der Waals surface area contributed by atoms with Crippen LogP contribution in [0, 0.1) is 6.92 Å². The minimum Gasteiger partial charge on any atom is -0.311 e. The molecule has 0 aliphatic carbocycles. The second-order valence-electron chi connectivity index (χ2n) is 4.31. The smallest absolute Gasteiger partial charge is 0.227 e. The third kappa shape index (κ3) is 2.46. The molecule has 16 heavy (non-hydrogen) atoms. The predicted octanol–water partition coefficient (Wildman–Crippen LogP) is 3.66. The van der Waals surface area contributed by atoms with Crippen LogP contribution in [0.3, 0.4) is 0 Å². The van der Waals surface area contributed by atoms with Crippen LogP contribution < -0.4 is 4.90 Å². The van der Waals surface area contributed by atoms with E-state index < -0.39 is 0 Å². The lowest BCUT2D eigenvalue weighted by Gasteiger charge is -2.22. The van der Waals surface area contributed by atoms with E-state index in [9.17, 15) is 4.79 Å². The van der Waals surface area contributed by atoms with E-state index in [1.807, 2.05) is 11.0 Å². The Kier molecular flexibility index (Phi) is 3.64. The molecule has 1 heterocycles. The maximum Gasteiger partial charge on any atom is 0.227 e. The van der Waals surface area contributed by atoms with Crippen molar-refractivity contribution in [3.8, 4) is 0 Å². The average Bonchev–Trinajstić information content (AvgIpc) is 2.44. The SMILES string of the molecule is Cc1ccc(N2CCCCCC2=O)c(Br)c1. The van der Waals surface area contributed by atoms with Crippen LogP contribution in [0.2, 0.25) is 0 Å². The molecule has 0 bridgehead atoms. The molecule has 0 unspecified atom stereocenters. The molecular formula is C13H16BrNO. The van der Waals surface area contributed by atoms with Crippen LogP contribution in [-0.2, 0) is 4.79 Å². The summed E-state index contributed by atoms with van der Waals surface area (Å²) in [7, 11) is 0. The van der Waals surface area contributed by atoms with E-state index in [0.717, 1.165) is 36.0 Å². The molecule has 1 saturated heterocycles. The van der Waals surface area contributed by atoms with Gasteiger partial charge in [-0.3, -0.25) is 4.79 Å². The Labute approximate surface area is 105 Å². The standard InChI is InChI=1S/C13H16BrNO/c1-10-6-7-12(11(14)9-10)15-8-4-2-3-5-13(15)16/h6-7,9H,2-5,8H2,1H3. The zero-order chi connectivity index (χ0) is 11.5. The number of halogens is 1. The van der Waals surface area contributed by atoms with Gasteiger partial charge in [0, 0.05) is 17.4 Å². The van der Waals surface area contributed by atoms with Crippen molar-refractivity contribution in [2.75, 3.05) is 11.4 Å². The van der Waals surface area contributed by atoms with Crippen molar-refractivity contribution < 1.29 is 4.79 Å². The molecule has 1 aliphatic rings. The fraction of sp³-hybridized carbons (Fsp3) is 0.462. The molecule has 1 aromatic carbocycles. The first-order chi connectivity index (χ1) is 7.68. The van der Waals surface area contributed by atoms with Crippen molar-refractivity contribution in [3.05, 3.63) is 28.2 Å². The normalized spacial score (nSPS) is 17.4. The van der Waals surface area contributed by atoms with Gasteiger partial charge < -0.3 is 4.90 Å². The van der Waals surface area contributed by atoms with Crippen LogP contribution in [0.25, 0.3) is 0 Å². The third-order valence-corrected chi connectivity index (χ3v) is 3.60. The van der Waals surface area contributed by atoms with E-state index in [4.69, 9.17) is 0 Å².